The van der Waals surface area contributed by atoms with Crippen LogP contribution < -0.4 is 5.32 Å². The van der Waals surface area contributed by atoms with Crippen molar-refractivity contribution in [1.82, 2.24) is 15.1 Å². The molecule has 0 aromatic carbocycles. The van der Waals surface area contributed by atoms with Crippen LogP contribution >= 0.6 is 0 Å². The molecule has 1 aromatic heterocycles. The van der Waals surface area contributed by atoms with Crippen molar-refractivity contribution in [2.75, 3.05) is 27.2 Å². The van der Waals surface area contributed by atoms with Crippen molar-refractivity contribution >= 4 is 0 Å². The number of nitrogens with one attached hydrogen (secondary N) is 1. The van der Waals surface area contributed by atoms with Gasteiger partial charge in [0.05, 0.1) is 6.54 Å². The Balaban J connectivity index is 1.95. The summed E-state index contributed by atoms with van der Waals surface area (Å²) in [5.74, 6) is 2.13. The van der Waals surface area contributed by atoms with E-state index in [0.717, 1.165) is 31.2 Å². The molecule has 0 radical (unpaired) electrons. The van der Waals surface area contributed by atoms with Gasteiger partial charge in [-0.1, -0.05) is 13.8 Å². The molecule has 4 nitrogen and oxygen atoms in total. The van der Waals surface area contributed by atoms with Crippen LogP contribution in [0.4, 0.5) is 0 Å². The fourth-order valence-electron chi connectivity index (χ4n) is 3.09. The average Bonchev–Trinajstić information content (AvgIpc) is 2.95. The Kier molecular flexibility index (Phi) is 5.85. The van der Waals surface area contributed by atoms with Gasteiger partial charge in [0.15, 0.2) is 0 Å². The smallest absolute Gasteiger partial charge is 0.118 e. The van der Waals surface area contributed by atoms with E-state index in [1.165, 1.54) is 24.9 Å². The maximum absolute atomic E-state index is 5.89. The molecule has 2 rings (SSSR count). The molecular formula is C17H31N3O. The summed E-state index contributed by atoms with van der Waals surface area (Å²) >= 11 is 0. The maximum Gasteiger partial charge on any atom is 0.118 e. The Hall–Kier alpha value is -0.840. The lowest BCUT2D eigenvalue weighted by atomic mass is 10.2. The molecule has 1 atom stereocenters. The lowest BCUT2D eigenvalue weighted by Crippen LogP contribution is -2.37. The van der Waals surface area contributed by atoms with Gasteiger partial charge in [0, 0.05) is 30.7 Å². The van der Waals surface area contributed by atoms with E-state index in [0.29, 0.717) is 12.1 Å². The number of rotatable bonds is 7. The zero-order chi connectivity index (χ0) is 15.4. The van der Waals surface area contributed by atoms with E-state index in [-0.39, 0.29) is 0 Å². The molecule has 1 fully saturated rings. The Morgan fingerprint density at radius 1 is 1.43 bits per heavy atom. The number of nitrogens with zero attached hydrogens (tertiary/aromatic N) is 2. The molecule has 1 aliphatic rings. The Bertz CT molecular complexity index is 439. The predicted octanol–water partition coefficient (Wildman–Crippen LogP) is 2.61. The summed E-state index contributed by atoms with van der Waals surface area (Å²) in [6.07, 6.45) is 2.63. The highest BCUT2D eigenvalue weighted by molar-refractivity contribution is 5.21. The van der Waals surface area contributed by atoms with E-state index in [1.807, 2.05) is 0 Å². The third-order valence-electron chi connectivity index (χ3n) is 4.20. The summed E-state index contributed by atoms with van der Waals surface area (Å²) in [6, 6.07) is 3.41. The molecular weight excluding hydrogens is 262 g/mol. The van der Waals surface area contributed by atoms with Gasteiger partial charge in [-0.15, -0.1) is 0 Å². The molecule has 0 spiro atoms. The van der Waals surface area contributed by atoms with Crippen molar-refractivity contribution < 1.29 is 4.42 Å². The topological polar surface area (TPSA) is 31.7 Å². The van der Waals surface area contributed by atoms with Gasteiger partial charge in [-0.2, -0.15) is 0 Å². The summed E-state index contributed by atoms with van der Waals surface area (Å²) in [6.45, 7) is 10.6. The van der Waals surface area contributed by atoms with Gasteiger partial charge in [-0.3, -0.25) is 4.90 Å². The summed E-state index contributed by atoms with van der Waals surface area (Å²) in [7, 11) is 4.32. The Labute approximate surface area is 129 Å². The van der Waals surface area contributed by atoms with Crippen LogP contribution in [0.3, 0.4) is 0 Å². The lowest BCUT2D eigenvalue weighted by Gasteiger charge is -2.26. The zero-order valence-corrected chi connectivity index (χ0v) is 14.3. The first-order chi connectivity index (χ1) is 9.95. The molecule has 1 saturated heterocycles. The number of aryl methyl sites for hydroxylation is 1. The normalized spacial score (nSPS) is 20.0. The summed E-state index contributed by atoms with van der Waals surface area (Å²) in [4.78, 5) is 4.90. The first-order valence-electron chi connectivity index (χ1n) is 8.16. The van der Waals surface area contributed by atoms with Crippen LogP contribution in [-0.4, -0.2) is 49.1 Å². The molecule has 1 unspecified atom stereocenters. The molecule has 2 heterocycles. The van der Waals surface area contributed by atoms with Gasteiger partial charge in [0.25, 0.3) is 0 Å². The largest absolute Gasteiger partial charge is 0.465 e. The van der Waals surface area contributed by atoms with Crippen LogP contribution in [0.1, 0.15) is 43.8 Å². The number of hydrogen-bond donors (Lipinski definition) is 1. The standard InChI is InChI=1S/C17H31N3O/c1-13(2)18-10-17-9-15(14(3)21-17)11-20-8-6-7-16(20)12-19(4)5/h9,13,16,18H,6-8,10-12H2,1-5H3. The van der Waals surface area contributed by atoms with Crippen molar-refractivity contribution in [1.29, 1.82) is 0 Å². The summed E-state index contributed by atoms with van der Waals surface area (Å²) in [5, 5.41) is 3.42. The second kappa shape index (κ2) is 7.43. The summed E-state index contributed by atoms with van der Waals surface area (Å²) < 4.78 is 5.89. The number of likely N-dealkylation sites (N-methyl/N-ethyl adjacent to an activating group) is 1. The fourth-order valence-corrected chi connectivity index (χ4v) is 3.09. The highest BCUT2D eigenvalue weighted by Crippen LogP contribution is 2.23. The minimum Gasteiger partial charge on any atom is -0.465 e. The van der Waals surface area contributed by atoms with Gasteiger partial charge in [-0.05, 0) is 46.5 Å². The molecule has 1 aliphatic heterocycles. The fraction of sp³-hybridized carbons (Fsp3) is 0.765. The van der Waals surface area contributed by atoms with Gasteiger partial charge >= 0.3 is 0 Å². The Morgan fingerprint density at radius 2 is 2.19 bits per heavy atom. The molecule has 4 heteroatoms. The SMILES string of the molecule is Cc1oc(CNC(C)C)cc1CN1CCCC1CN(C)C. The zero-order valence-electron chi connectivity index (χ0n) is 14.3. The van der Waals surface area contributed by atoms with Crippen LogP contribution in [0.15, 0.2) is 10.5 Å². The van der Waals surface area contributed by atoms with E-state index in [9.17, 15) is 0 Å². The molecule has 1 aromatic rings. The number of hydrogen-bond acceptors (Lipinski definition) is 4. The minimum atomic E-state index is 0.488. The lowest BCUT2D eigenvalue weighted by molar-refractivity contribution is 0.200. The van der Waals surface area contributed by atoms with Gasteiger partial charge in [0.2, 0.25) is 0 Å². The van der Waals surface area contributed by atoms with Crippen LogP contribution in [0.5, 0.6) is 0 Å². The molecule has 0 bridgehead atoms. The van der Waals surface area contributed by atoms with Gasteiger partial charge in [0.1, 0.15) is 11.5 Å². The molecule has 120 valence electrons. The highest BCUT2D eigenvalue weighted by atomic mass is 16.3. The van der Waals surface area contributed by atoms with Crippen molar-refractivity contribution in [2.45, 2.75) is 58.8 Å². The van der Waals surface area contributed by atoms with E-state index in [1.54, 1.807) is 0 Å². The van der Waals surface area contributed by atoms with Crippen LogP contribution in [0, 0.1) is 6.92 Å². The molecule has 0 aliphatic carbocycles. The van der Waals surface area contributed by atoms with E-state index < -0.39 is 0 Å². The molecule has 21 heavy (non-hydrogen) atoms. The van der Waals surface area contributed by atoms with Crippen molar-refractivity contribution in [3.8, 4) is 0 Å². The maximum atomic E-state index is 5.89. The van der Waals surface area contributed by atoms with Crippen molar-refractivity contribution in [3.63, 3.8) is 0 Å². The van der Waals surface area contributed by atoms with Crippen LogP contribution in [-0.2, 0) is 13.1 Å². The number of furan rings is 1. The monoisotopic (exact) mass is 293 g/mol. The van der Waals surface area contributed by atoms with E-state index >= 15 is 0 Å². The molecule has 0 amide bonds. The third kappa shape index (κ3) is 4.83. The third-order valence-corrected chi connectivity index (χ3v) is 4.20. The quantitative estimate of drug-likeness (QED) is 0.837. The second-order valence-corrected chi connectivity index (χ2v) is 6.86. The first-order valence-corrected chi connectivity index (χ1v) is 8.16. The Morgan fingerprint density at radius 3 is 2.86 bits per heavy atom. The average molecular weight is 293 g/mol. The minimum absolute atomic E-state index is 0.488. The van der Waals surface area contributed by atoms with Gasteiger partial charge in [-0.25, -0.2) is 0 Å². The molecule has 0 saturated carbocycles. The van der Waals surface area contributed by atoms with Crippen LogP contribution in [0.2, 0.25) is 0 Å². The molecule has 1 N–H and O–H groups in total. The van der Waals surface area contributed by atoms with E-state index in [2.05, 4.69) is 56.0 Å². The second-order valence-electron chi connectivity index (χ2n) is 6.86. The first kappa shape index (κ1) is 16.5. The predicted molar refractivity (Wildman–Crippen MR) is 87.4 cm³/mol. The van der Waals surface area contributed by atoms with Crippen molar-refractivity contribution in [3.05, 3.63) is 23.2 Å². The van der Waals surface area contributed by atoms with Crippen molar-refractivity contribution in [2.24, 2.45) is 0 Å². The van der Waals surface area contributed by atoms with Gasteiger partial charge < -0.3 is 14.6 Å². The van der Waals surface area contributed by atoms with E-state index in [4.69, 9.17) is 4.42 Å². The summed E-state index contributed by atoms with van der Waals surface area (Å²) in [5.41, 5.74) is 1.35. The van der Waals surface area contributed by atoms with Crippen LogP contribution in [0.25, 0.3) is 0 Å². The number of likely N-dealkylation sites (tertiary alicyclic amines) is 1. The highest BCUT2D eigenvalue weighted by Gasteiger charge is 2.25.